The summed E-state index contributed by atoms with van der Waals surface area (Å²) in [6.07, 6.45) is 0.418. The predicted molar refractivity (Wildman–Crippen MR) is 163 cm³/mol. The average molecular weight is 639 g/mol. The standard InChI is InChI=1S/C33H33F3N4O4S/c1-3-20-18-45-29(26-5-4-6-28(38-26)40-30(33(34,35)36)24(16-37-40)32(42)43)25(20)17-44-27-10-9-23(15-19(27)2)21-11-13-39(14-12-21)31(41)22-7-8-22/h4-6,9-10,15-16,18,21-22H,3,7-8,11-14,17H2,1-2H3,(H,42,43). The van der Waals surface area contributed by atoms with Gasteiger partial charge in [0, 0.05) is 24.6 Å². The number of thiophene rings is 1. The summed E-state index contributed by atoms with van der Waals surface area (Å²) in [7, 11) is 0. The van der Waals surface area contributed by atoms with Crippen LogP contribution in [0.3, 0.4) is 0 Å². The van der Waals surface area contributed by atoms with Crippen molar-refractivity contribution in [2.45, 2.75) is 64.7 Å². The smallest absolute Gasteiger partial charge is 0.434 e. The van der Waals surface area contributed by atoms with E-state index in [2.05, 4.69) is 22.2 Å². The molecule has 0 atom stereocenters. The first-order valence-corrected chi connectivity index (χ1v) is 15.9. The summed E-state index contributed by atoms with van der Waals surface area (Å²) >= 11 is 1.43. The molecule has 0 bridgehead atoms. The van der Waals surface area contributed by atoms with Crippen LogP contribution < -0.4 is 4.74 Å². The Morgan fingerprint density at radius 2 is 1.87 bits per heavy atom. The number of rotatable bonds is 9. The van der Waals surface area contributed by atoms with Crippen LogP contribution in [-0.4, -0.2) is 49.7 Å². The van der Waals surface area contributed by atoms with Gasteiger partial charge in [-0.25, -0.2) is 14.5 Å². The molecule has 0 unspecified atom stereocenters. The van der Waals surface area contributed by atoms with Crippen LogP contribution in [0.5, 0.6) is 5.75 Å². The third-order valence-corrected chi connectivity index (χ3v) is 9.68. The van der Waals surface area contributed by atoms with Crippen LogP contribution in [0.2, 0.25) is 0 Å². The van der Waals surface area contributed by atoms with Gasteiger partial charge < -0.3 is 14.7 Å². The van der Waals surface area contributed by atoms with Gasteiger partial charge in [-0.1, -0.05) is 25.1 Å². The number of aryl methyl sites for hydroxylation is 2. The van der Waals surface area contributed by atoms with Gasteiger partial charge >= 0.3 is 12.1 Å². The van der Waals surface area contributed by atoms with Crippen LogP contribution in [0, 0.1) is 12.8 Å². The van der Waals surface area contributed by atoms with Gasteiger partial charge in [-0.15, -0.1) is 11.3 Å². The molecule has 8 nitrogen and oxygen atoms in total. The number of aromatic carboxylic acids is 1. The molecule has 3 aromatic heterocycles. The van der Waals surface area contributed by atoms with Gasteiger partial charge in [-0.3, -0.25) is 4.79 Å². The van der Waals surface area contributed by atoms with Crippen molar-refractivity contribution in [1.29, 1.82) is 0 Å². The van der Waals surface area contributed by atoms with E-state index in [9.17, 15) is 27.9 Å². The number of carboxylic acid groups (broad SMARTS) is 1. The van der Waals surface area contributed by atoms with Crippen molar-refractivity contribution in [2.24, 2.45) is 5.92 Å². The Balaban J connectivity index is 1.20. The van der Waals surface area contributed by atoms with E-state index in [4.69, 9.17) is 4.74 Å². The maximum Gasteiger partial charge on any atom is 0.434 e. The number of aromatic nitrogens is 3. The minimum Gasteiger partial charge on any atom is -0.489 e. The summed E-state index contributed by atoms with van der Waals surface area (Å²) in [5.74, 6) is -0.150. The molecule has 0 radical (unpaired) electrons. The third-order valence-electron chi connectivity index (χ3n) is 8.59. The Bertz CT molecular complexity index is 1740. The Morgan fingerprint density at radius 3 is 2.51 bits per heavy atom. The van der Waals surface area contributed by atoms with Crippen LogP contribution in [-0.2, 0) is 24.0 Å². The van der Waals surface area contributed by atoms with Gasteiger partial charge in [0.15, 0.2) is 11.5 Å². The molecule has 1 saturated carbocycles. The molecule has 1 amide bonds. The first-order chi connectivity index (χ1) is 21.5. The molecule has 2 fully saturated rings. The second-order valence-corrected chi connectivity index (χ2v) is 12.5. The maximum absolute atomic E-state index is 13.8. The van der Waals surface area contributed by atoms with E-state index in [-0.39, 0.29) is 18.3 Å². The van der Waals surface area contributed by atoms with Crippen molar-refractivity contribution in [1.82, 2.24) is 19.7 Å². The van der Waals surface area contributed by atoms with Crippen molar-refractivity contribution in [3.8, 4) is 22.1 Å². The molecule has 236 valence electrons. The van der Waals surface area contributed by atoms with Crippen LogP contribution in [0.25, 0.3) is 16.4 Å². The fourth-order valence-corrected chi connectivity index (χ4v) is 7.10. The summed E-state index contributed by atoms with van der Waals surface area (Å²) in [6, 6.07) is 10.9. The minimum absolute atomic E-state index is 0.139. The quantitative estimate of drug-likeness (QED) is 0.207. The zero-order valence-corrected chi connectivity index (χ0v) is 25.7. The monoisotopic (exact) mass is 638 g/mol. The van der Waals surface area contributed by atoms with E-state index in [1.165, 1.54) is 23.0 Å². The Morgan fingerprint density at radius 1 is 1.11 bits per heavy atom. The molecular weight excluding hydrogens is 605 g/mol. The number of pyridine rings is 1. The normalized spacial score (nSPS) is 15.8. The average Bonchev–Trinajstić information content (AvgIpc) is 3.62. The minimum atomic E-state index is -4.95. The molecule has 1 aliphatic carbocycles. The van der Waals surface area contributed by atoms with Gasteiger partial charge in [0.1, 0.15) is 17.9 Å². The molecule has 1 aromatic carbocycles. The molecule has 45 heavy (non-hydrogen) atoms. The number of hydrogen-bond donors (Lipinski definition) is 1. The SMILES string of the molecule is CCc1csc(-c2cccc(-n3ncc(C(=O)O)c3C(F)(F)F)n2)c1COc1ccc(C2CCN(C(=O)C3CC3)CC2)cc1C. The number of benzene rings is 1. The van der Waals surface area contributed by atoms with Crippen LogP contribution in [0.1, 0.15) is 76.8 Å². The van der Waals surface area contributed by atoms with Crippen LogP contribution in [0.4, 0.5) is 13.2 Å². The number of halogens is 3. The molecule has 2 aliphatic rings. The summed E-state index contributed by atoms with van der Waals surface area (Å²) in [4.78, 5) is 31.1. The van der Waals surface area contributed by atoms with Crippen molar-refractivity contribution in [3.05, 3.63) is 81.5 Å². The zero-order chi connectivity index (χ0) is 31.9. The molecule has 12 heteroatoms. The number of nitrogens with zero attached hydrogens (tertiary/aromatic N) is 4. The molecule has 0 spiro atoms. The highest BCUT2D eigenvalue weighted by Gasteiger charge is 2.41. The summed E-state index contributed by atoms with van der Waals surface area (Å²) < 4.78 is 48.4. The first-order valence-electron chi connectivity index (χ1n) is 15.0. The predicted octanol–water partition coefficient (Wildman–Crippen LogP) is 7.28. The van der Waals surface area contributed by atoms with Gasteiger partial charge in [0.2, 0.25) is 5.91 Å². The molecule has 6 rings (SSSR count). The van der Waals surface area contributed by atoms with E-state index in [0.29, 0.717) is 28.4 Å². The van der Waals surface area contributed by atoms with Crippen LogP contribution >= 0.6 is 11.3 Å². The van der Waals surface area contributed by atoms with E-state index in [0.717, 1.165) is 72.5 Å². The first kappa shape index (κ1) is 30.8. The molecule has 4 aromatic rings. The van der Waals surface area contributed by atoms with E-state index >= 15 is 0 Å². The molecular formula is C33H33F3N4O4S. The lowest BCUT2D eigenvalue weighted by Gasteiger charge is -2.32. The lowest BCUT2D eigenvalue weighted by Crippen LogP contribution is -2.38. The Hall–Kier alpha value is -4.19. The maximum atomic E-state index is 13.8. The number of carbonyl (C=O) groups is 2. The number of amides is 1. The number of carbonyl (C=O) groups excluding carboxylic acids is 1. The lowest BCUT2D eigenvalue weighted by molar-refractivity contribution is -0.143. The number of alkyl halides is 3. The molecule has 1 saturated heterocycles. The van der Waals surface area contributed by atoms with Gasteiger partial charge in [-0.05, 0) is 85.2 Å². The fraction of sp³-hybridized carbons (Fsp3) is 0.394. The topological polar surface area (TPSA) is 97.6 Å². The molecule has 1 N–H and O–H groups in total. The van der Waals surface area contributed by atoms with Crippen molar-refractivity contribution in [3.63, 3.8) is 0 Å². The van der Waals surface area contributed by atoms with Gasteiger partial charge in [-0.2, -0.15) is 18.3 Å². The van der Waals surface area contributed by atoms with E-state index in [1.807, 2.05) is 30.2 Å². The Kier molecular flexibility index (Phi) is 8.43. The second-order valence-electron chi connectivity index (χ2n) is 11.6. The molecule has 4 heterocycles. The third kappa shape index (κ3) is 6.33. The fourth-order valence-electron chi connectivity index (χ4n) is 5.97. The van der Waals surface area contributed by atoms with Crippen LogP contribution in [0.15, 0.2) is 48.0 Å². The van der Waals surface area contributed by atoms with Crippen molar-refractivity contribution in [2.75, 3.05) is 13.1 Å². The highest BCUT2D eigenvalue weighted by Crippen LogP contribution is 2.38. The van der Waals surface area contributed by atoms with E-state index < -0.39 is 23.4 Å². The number of likely N-dealkylation sites (tertiary alicyclic amines) is 1. The molecule has 1 aliphatic heterocycles. The lowest BCUT2D eigenvalue weighted by atomic mass is 9.88. The highest BCUT2D eigenvalue weighted by atomic mass is 32.1. The second kappa shape index (κ2) is 12.3. The number of piperidine rings is 1. The largest absolute Gasteiger partial charge is 0.489 e. The Labute approximate surface area is 262 Å². The number of ether oxygens (including phenoxy) is 1. The number of hydrogen-bond acceptors (Lipinski definition) is 6. The summed E-state index contributed by atoms with van der Waals surface area (Å²) in [5, 5.41) is 15.0. The van der Waals surface area contributed by atoms with Crippen molar-refractivity contribution >= 4 is 23.2 Å². The van der Waals surface area contributed by atoms with Crippen molar-refractivity contribution < 1.29 is 32.6 Å². The van der Waals surface area contributed by atoms with E-state index in [1.54, 1.807) is 12.1 Å². The van der Waals surface area contributed by atoms with Gasteiger partial charge in [0.05, 0.1) is 16.8 Å². The summed E-state index contributed by atoms with van der Waals surface area (Å²) in [6.45, 7) is 5.88. The van der Waals surface area contributed by atoms with Gasteiger partial charge in [0.25, 0.3) is 0 Å². The number of carboxylic acids is 1. The summed E-state index contributed by atoms with van der Waals surface area (Å²) in [5.41, 5.74) is 2.30. The highest BCUT2D eigenvalue weighted by molar-refractivity contribution is 7.13. The zero-order valence-electron chi connectivity index (χ0n) is 24.9.